The van der Waals surface area contributed by atoms with Crippen molar-refractivity contribution < 1.29 is 19.0 Å². The van der Waals surface area contributed by atoms with E-state index in [1.54, 1.807) is 20.1 Å². The molecule has 0 aliphatic carbocycles. The highest BCUT2D eigenvalue weighted by Crippen LogP contribution is 2.39. The van der Waals surface area contributed by atoms with Gasteiger partial charge in [0, 0.05) is 6.92 Å². The summed E-state index contributed by atoms with van der Waals surface area (Å²) < 4.78 is 15.8. The Morgan fingerprint density at radius 3 is 2.62 bits per heavy atom. The third-order valence-electron chi connectivity index (χ3n) is 2.72. The minimum atomic E-state index is -0.573. The van der Waals surface area contributed by atoms with Crippen molar-refractivity contribution in [2.75, 3.05) is 7.11 Å². The van der Waals surface area contributed by atoms with E-state index >= 15 is 0 Å². The Balaban J connectivity index is 2.67. The van der Waals surface area contributed by atoms with Crippen LogP contribution in [-0.4, -0.2) is 19.4 Å². The standard InChI is InChI=1S/C12H14O4/c1-6-5-9-11(10(14-4)7(6)2)15-8(3)16-12(9)13/h5,8H,1-4H3. The van der Waals surface area contributed by atoms with Gasteiger partial charge in [-0.3, -0.25) is 0 Å². The van der Waals surface area contributed by atoms with Gasteiger partial charge in [-0.05, 0) is 31.0 Å². The normalized spacial score (nSPS) is 18.5. The molecule has 0 bridgehead atoms. The second kappa shape index (κ2) is 3.70. The van der Waals surface area contributed by atoms with Gasteiger partial charge < -0.3 is 14.2 Å². The van der Waals surface area contributed by atoms with E-state index in [1.807, 2.05) is 13.8 Å². The predicted octanol–water partition coefficient (Wildman–Crippen LogP) is 2.21. The number of carbonyl (C=O) groups is 1. The number of benzene rings is 1. The Morgan fingerprint density at radius 1 is 1.31 bits per heavy atom. The Bertz CT molecular complexity index is 451. The minimum Gasteiger partial charge on any atom is -0.493 e. The van der Waals surface area contributed by atoms with Crippen molar-refractivity contribution in [3.8, 4) is 11.5 Å². The van der Waals surface area contributed by atoms with Crippen molar-refractivity contribution >= 4 is 5.97 Å². The molecule has 0 N–H and O–H groups in total. The zero-order valence-corrected chi connectivity index (χ0v) is 9.79. The first kappa shape index (κ1) is 10.8. The van der Waals surface area contributed by atoms with Crippen molar-refractivity contribution in [1.82, 2.24) is 0 Å². The van der Waals surface area contributed by atoms with Gasteiger partial charge in [0.25, 0.3) is 0 Å². The number of cyclic esters (lactones) is 1. The molecule has 0 radical (unpaired) electrons. The number of ether oxygens (including phenoxy) is 3. The van der Waals surface area contributed by atoms with Crippen LogP contribution < -0.4 is 9.47 Å². The van der Waals surface area contributed by atoms with Gasteiger partial charge in [-0.1, -0.05) is 0 Å². The summed E-state index contributed by atoms with van der Waals surface area (Å²) in [5, 5.41) is 0. The number of fused-ring (bicyclic) bond motifs is 1. The van der Waals surface area contributed by atoms with E-state index in [1.165, 1.54) is 0 Å². The highest BCUT2D eigenvalue weighted by atomic mass is 16.7. The lowest BCUT2D eigenvalue weighted by Gasteiger charge is -2.25. The molecule has 16 heavy (non-hydrogen) atoms. The molecule has 2 rings (SSSR count). The molecule has 0 amide bonds. The predicted molar refractivity (Wildman–Crippen MR) is 58.0 cm³/mol. The van der Waals surface area contributed by atoms with Crippen molar-refractivity contribution in [2.45, 2.75) is 27.1 Å². The first-order chi connectivity index (χ1) is 7.54. The van der Waals surface area contributed by atoms with Crippen LogP contribution in [0.1, 0.15) is 28.4 Å². The van der Waals surface area contributed by atoms with E-state index in [2.05, 4.69) is 0 Å². The van der Waals surface area contributed by atoms with Gasteiger partial charge in [0.1, 0.15) is 5.56 Å². The monoisotopic (exact) mass is 222 g/mol. The summed E-state index contributed by atoms with van der Waals surface area (Å²) in [4.78, 5) is 11.7. The Morgan fingerprint density at radius 2 is 2.00 bits per heavy atom. The lowest BCUT2D eigenvalue weighted by atomic mass is 10.0. The van der Waals surface area contributed by atoms with Crippen molar-refractivity contribution in [2.24, 2.45) is 0 Å². The molecule has 0 saturated heterocycles. The van der Waals surface area contributed by atoms with Gasteiger partial charge in [0.15, 0.2) is 11.5 Å². The van der Waals surface area contributed by atoms with E-state index in [-0.39, 0.29) is 5.97 Å². The highest BCUT2D eigenvalue weighted by Gasteiger charge is 2.29. The van der Waals surface area contributed by atoms with Crippen LogP contribution in [0.2, 0.25) is 0 Å². The summed E-state index contributed by atoms with van der Waals surface area (Å²) >= 11 is 0. The molecule has 1 heterocycles. The van der Waals surface area contributed by atoms with Crippen LogP contribution in [0.15, 0.2) is 6.07 Å². The first-order valence-corrected chi connectivity index (χ1v) is 5.10. The number of esters is 1. The van der Waals surface area contributed by atoms with Crippen LogP contribution in [0.5, 0.6) is 11.5 Å². The Kier molecular flexibility index (Phi) is 2.50. The van der Waals surface area contributed by atoms with E-state index in [9.17, 15) is 4.79 Å². The summed E-state index contributed by atoms with van der Waals surface area (Å²) in [5.41, 5.74) is 2.38. The van der Waals surface area contributed by atoms with Crippen LogP contribution in [-0.2, 0) is 4.74 Å². The SMILES string of the molecule is COc1c(C)c(C)cc2c1OC(C)OC2=O. The maximum absolute atomic E-state index is 11.7. The molecule has 4 heteroatoms. The fraction of sp³-hybridized carbons (Fsp3) is 0.417. The molecule has 1 aliphatic rings. The quantitative estimate of drug-likeness (QED) is 0.683. The van der Waals surface area contributed by atoms with Gasteiger partial charge in [-0.25, -0.2) is 4.79 Å². The molecule has 1 aliphatic heterocycles. The second-order valence-electron chi connectivity index (χ2n) is 3.82. The van der Waals surface area contributed by atoms with Crippen LogP contribution in [0.25, 0.3) is 0 Å². The van der Waals surface area contributed by atoms with Gasteiger partial charge in [0.05, 0.1) is 7.11 Å². The molecule has 4 nitrogen and oxygen atoms in total. The van der Waals surface area contributed by atoms with E-state index in [0.717, 1.165) is 11.1 Å². The molecular weight excluding hydrogens is 208 g/mol. The number of rotatable bonds is 1. The molecule has 86 valence electrons. The fourth-order valence-electron chi connectivity index (χ4n) is 1.78. The maximum Gasteiger partial charge on any atom is 0.345 e. The number of methoxy groups -OCH3 is 1. The molecule has 0 saturated carbocycles. The fourth-order valence-corrected chi connectivity index (χ4v) is 1.78. The molecular formula is C12H14O4. The number of carbonyl (C=O) groups excluding carboxylic acids is 1. The van der Waals surface area contributed by atoms with Crippen molar-refractivity contribution in [1.29, 1.82) is 0 Å². The van der Waals surface area contributed by atoms with Crippen molar-refractivity contribution in [3.05, 3.63) is 22.8 Å². The van der Waals surface area contributed by atoms with Gasteiger partial charge in [0.2, 0.25) is 6.29 Å². The zero-order valence-electron chi connectivity index (χ0n) is 9.79. The number of aryl methyl sites for hydroxylation is 1. The average molecular weight is 222 g/mol. The zero-order chi connectivity index (χ0) is 11.9. The molecule has 1 aromatic rings. The summed E-state index contributed by atoms with van der Waals surface area (Å²) in [5.74, 6) is 0.725. The molecule has 1 unspecified atom stereocenters. The summed E-state index contributed by atoms with van der Waals surface area (Å²) in [6.45, 7) is 5.53. The summed E-state index contributed by atoms with van der Waals surface area (Å²) in [6.07, 6.45) is -0.573. The number of hydrogen-bond acceptors (Lipinski definition) is 4. The maximum atomic E-state index is 11.7. The lowest BCUT2D eigenvalue weighted by molar-refractivity contribution is -0.0500. The molecule has 1 aromatic carbocycles. The van der Waals surface area contributed by atoms with Crippen LogP contribution in [0.3, 0.4) is 0 Å². The number of hydrogen-bond donors (Lipinski definition) is 0. The average Bonchev–Trinajstić information content (AvgIpc) is 2.22. The molecule has 0 spiro atoms. The van der Waals surface area contributed by atoms with Crippen LogP contribution >= 0.6 is 0 Å². The van der Waals surface area contributed by atoms with E-state index < -0.39 is 6.29 Å². The van der Waals surface area contributed by atoms with E-state index in [4.69, 9.17) is 14.2 Å². The third kappa shape index (κ3) is 1.50. The first-order valence-electron chi connectivity index (χ1n) is 5.10. The second-order valence-corrected chi connectivity index (χ2v) is 3.82. The van der Waals surface area contributed by atoms with Gasteiger partial charge >= 0.3 is 5.97 Å². The van der Waals surface area contributed by atoms with Crippen LogP contribution in [0, 0.1) is 13.8 Å². The minimum absolute atomic E-state index is 0.366. The summed E-state index contributed by atoms with van der Waals surface area (Å²) in [7, 11) is 1.57. The molecule has 0 aromatic heterocycles. The largest absolute Gasteiger partial charge is 0.493 e. The molecule has 1 atom stereocenters. The lowest BCUT2D eigenvalue weighted by Crippen LogP contribution is -2.27. The van der Waals surface area contributed by atoms with E-state index in [0.29, 0.717) is 17.1 Å². The smallest absolute Gasteiger partial charge is 0.345 e. The van der Waals surface area contributed by atoms with Gasteiger partial charge in [-0.15, -0.1) is 0 Å². The molecule has 0 fully saturated rings. The van der Waals surface area contributed by atoms with Crippen molar-refractivity contribution in [3.63, 3.8) is 0 Å². The third-order valence-corrected chi connectivity index (χ3v) is 2.72. The Labute approximate surface area is 94.1 Å². The topological polar surface area (TPSA) is 44.8 Å². The Hall–Kier alpha value is -1.71. The van der Waals surface area contributed by atoms with Gasteiger partial charge in [-0.2, -0.15) is 0 Å². The van der Waals surface area contributed by atoms with Crippen LogP contribution in [0.4, 0.5) is 0 Å². The summed E-state index contributed by atoms with van der Waals surface area (Å²) in [6, 6.07) is 1.77. The highest BCUT2D eigenvalue weighted by molar-refractivity contribution is 5.95.